The van der Waals surface area contributed by atoms with E-state index in [-0.39, 0.29) is 23.8 Å². The van der Waals surface area contributed by atoms with Crippen LogP contribution in [-0.2, 0) is 14.6 Å². The van der Waals surface area contributed by atoms with Gasteiger partial charge in [0.2, 0.25) is 0 Å². The van der Waals surface area contributed by atoms with E-state index < -0.39 is 15.8 Å². The van der Waals surface area contributed by atoms with Crippen LogP contribution >= 0.6 is 0 Å². The van der Waals surface area contributed by atoms with E-state index >= 15 is 0 Å². The zero-order chi connectivity index (χ0) is 10.1. The minimum Gasteiger partial charge on any atom is -0.481 e. The number of carboxylic acid groups (broad SMARTS) is 1. The Kier molecular flexibility index (Phi) is 2.75. The van der Waals surface area contributed by atoms with Crippen molar-refractivity contribution in [1.29, 1.82) is 0 Å². The zero-order valence-electron chi connectivity index (χ0n) is 7.19. The number of aliphatic carboxylic acids is 1. The number of carbonyl (C=O) groups is 1. The van der Waals surface area contributed by atoms with Crippen molar-refractivity contribution in [2.45, 2.75) is 12.8 Å². The van der Waals surface area contributed by atoms with Gasteiger partial charge in [-0.05, 0) is 12.3 Å². The van der Waals surface area contributed by atoms with Crippen LogP contribution in [-0.4, -0.2) is 31.0 Å². The molecule has 74 valence electrons. The molecule has 5 heteroatoms. The summed E-state index contributed by atoms with van der Waals surface area (Å²) in [6, 6.07) is 0. The van der Waals surface area contributed by atoms with Crippen molar-refractivity contribution in [2.24, 2.45) is 5.92 Å². The average Bonchev–Trinajstić information content (AvgIpc) is 2.28. The summed E-state index contributed by atoms with van der Waals surface area (Å²) in [6.45, 7) is 3.60. The van der Waals surface area contributed by atoms with Gasteiger partial charge >= 0.3 is 5.97 Å². The Hall–Kier alpha value is -0.840. The van der Waals surface area contributed by atoms with Crippen molar-refractivity contribution >= 4 is 15.8 Å². The van der Waals surface area contributed by atoms with Crippen LogP contribution in [0.25, 0.3) is 0 Å². The molecule has 1 saturated heterocycles. The maximum Gasteiger partial charge on any atom is 0.307 e. The molecule has 1 aliphatic heterocycles. The van der Waals surface area contributed by atoms with E-state index in [4.69, 9.17) is 5.11 Å². The highest BCUT2D eigenvalue weighted by Gasteiger charge is 2.29. The van der Waals surface area contributed by atoms with Crippen LogP contribution in [0.5, 0.6) is 0 Å². The Morgan fingerprint density at radius 1 is 1.54 bits per heavy atom. The Morgan fingerprint density at radius 3 is 2.54 bits per heavy atom. The average molecular weight is 204 g/mol. The van der Waals surface area contributed by atoms with E-state index in [9.17, 15) is 13.2 Å². The number of hydrogen-bond acceptors (Lipinski definition) is 3. The summed E-state index contributed by atoms with van der Waals surface area (Å²) >= 11 is 0. The van der Waals surface area contributed by atoms with Crippen LogP contribution in [0.3, 0.4) is 0 Å². The van der Waals surface area contributed by atoms with Crippen LogP contribution in [0.2, 0.25) is 0 Å². The van der Waals surface area contributed by atoms with E-state index in [0.29, 0.717) is 12.0 Å². The predicted octanol–water partition coefficient (Wildman–Crippen LogP) is 0.452. The van der Waals surface area contributed by atoms with Crippen LogP contribution in [0.1, 0.15) is 12.8 Å². The molecule has 1 rings (SSSR count). The molecule has 0 bridgehead atoms. The normalized spacial score (nSPS) is 25.7. The van der Waals surface area contributed by atoms with Gasteiger partial charge in [0.15, 0.2) is 9.84 Å². The summed E-state index contributed by atoms with van der Waals surface area (Å²) in [5.41, 5.74) is 0.522. The van der Waals surface area contributed by atoms with Gasteiger partial charge in [-0.15, -0.1) is 0 Å². The highest BCUT2D eigenvalue weighted by molar-refractivity contribution is 7.91. The summed E-state index contributed by atoms with van der Waals surface area (Å²) in [4.78, 5) is 10.3. The number of carboxylic acids is 1. The van der Waals surface area contributed by atoms with Crippen molar-refractivity contribution in [2.75, 3.05) is 11.5 Å². The molecule has 0 spiro atoms. The minimum atomic E-state index is -2.93. The summed E-state index contributed by atoms with van der Waals surface area (Å²) in [7, 11) is -2.93. The zero-order valence-corrected chi connectivity index (χ0v) is 8.01. The van der Waals surface area contributed by atoms with Crippen LogP contribution in [0, 0.1) is 5.92 Å². The molecule has 0 aliphatic carbocycles. The van der Waals surface area contributed by atoms with E-state index in [2.05, 4.69) is 6.58 Å². The maximum atomic E-state index is 11.0. The van der Waals surface area contributed by atoms with Crippen LogP contribution < -0.4 is 0 Å². The summed E-state index contributed by atoms with van der Waals surface area (Å²) in [6.07, 6.45) is 0.397. The lowest BCUT2D eigenvalue weighted by Crippen LogP contribution is -2.09. The molecule has 1 atom stereocenters. The second kappa shape index (κ2) is 3.49. The van der Waals surface area contributed by atoms with Gasteiger partial charge in [0.05, 0.1) is 17.9 Å². The maximum absolute atomic E-state index is 11.0. The first-order valence-electron chi connectivity index (χ1n) is 4.00. The third kappa shape index (κ3) is 2.84. The third-order valence-corrected chi connectivity index (χ3v) is 3.96. The number of sulfone groups is 1. The number of hydrogen-bond donors (Lipinski definition) is 1. The van der Waals surface area contributed by atoms with E-state index in [1.54, 1.807) is 0 Å². The van der Waals surface area contributed by atoms with Gasteiger partial charge in [0.25, 0.3) is 0 Å². The van der Waals surface area contributed by atoms with Gasteiger partial charge in [-0.25, -0.2) is 8.42 Å². The Morgan fingerprint density at radius 2 is 2.15 bits per heavy atom. The molecule has 13 heavy (non-hydrogen) atoms. The van der Waals surface area contributed by atoms with Gasteiger partial charge < -0.3 is 5.11 Å². The summed E-state index contributed by atoms with van der Waals surface area (Å²) < 4.78 is 22.1. The quantitative estimate of drug-likeness (QED) is 0.677. The Labute approximate surface area is 77.2 Å². The molecule has 0 aromatic heterocycles. The summed E-state index contributed by atoms with van der Waals surface area (Å²) in [5.74, 6) is -0.870. The molecule has 1 fully saturated rings. The molecular weight excluding hydrogens is 192 g/mol. The van der Waals surface area contributed by atoms with Gasteiger partial charge in [-0.1, -0.05) is 12.2 Å². The molecule has 1 unspecified atom stereocenters. The second-order valence-electron chi connectivity index (χ2n) is 3.33. The fraction of sp³-hybridized carbons (Fsp3) is 0.625. The standard InChI is InChI=1S/C8H12O4S/c1-6(4-8(9)10)7-2-3-13(11,12)5-7/h7H,1-5H2,(H,9,10). The van der Waals surface area contributed by atoms with Gasteiger partial charge in [-0.3, -0.25) is 4.79 Å². The van der Waals surface area contributed by atoms with Crippen molar-refractivity contribution < 1.29 is 18.3 Å². The van der Waals surface area contributed by atoms with E-state index in [0.717, 1.165) is 0 Å². The van der Waals surface area contributed by atoms with Crippen molar-refractivity contribution in [3.63, 3.8) is 0 Å². The topological polar surface area (TPSA) is 71.4 Å². The molecule has 0 amide bonds. The molecule has 0 saturated carbocycles. The lowest BCUT2D eigenvalue weighted by atomic mass is 9.98. The lowest BCUT2D eigenvalue weighted by molar-refractivity contribution is -0.136. The van der Waals surface area contributed by atoms with Crippen molar-refractivity contribution in [1.82, 2.24) is 0 Å². The van der Waals surface area contributed by atoms with Crippen LogP contribution in [0.4, 0.5) is 0 Å². The van der Waals surface area contributed by atoms with Gasteiger partial charge in [0.1, 0.15) is 0 Å². The lowest BCUT2D eigenvalue weighted by Gasteiger charge is -2.08. The highest BCUT2D eigenvalue weighted by Crippen LogP contribution is 2.26. The predicted molar refractivity (Wildman–Crippen MR) is 48.2 cm³/mol. The fourth-order valence-electron chi connectivity index (χ4n) is 1.46. The first-order valence-corrected chi connectivity index (χ1v) is 5.83. The Balaban J connectivity index is 2.57. The summed E-state index contributed by atoms with van der Waals surface area (Å²) in [5, 5.41) is 8.46. The first-order chi connectivity index (χ1) is 5.91. The molecule has 0 aromatic rings. The molecule has 0 aromatic carbocycles. The highest BCUT2D eigenvalue weighted by atomic mass is 32.2. The van der Waals surface area contributed by atoms with Gasteiger partial charge in [0, 0.05) is 0 Å². The molecule has 4 nitrogen and oxygen atoms in total. The van der Waals surface area contributed by atoms with Crippen LogP contribution in [0.15, 0.2) is 12.2 Å². The number of rotatable bonds is 3. The molecule has 1 aliphatic rings. The monoisotopic (exact) mass is 204 g/mol. The van der Waals surface area contributed by atoms with E-state index in [1.165, 1.54) is 0 Å². The van der Waals surface area contributed by atoms with Crippen molar-refractivity contribution in [3.05, 3.63) is 12.2 Å². The van der Waals surface area contributed by atoms with E-state index in [1.807, 2.05) is 0 Å². The van der Waals surface area contributed by atoms with Gasteiger partial charge in [-0.2, -0.15) is 0 Å². The minimum absolute atomic E-state index is 0.0686. The SMILES string of the molecule is C=C(CC(=O)O)C1CCS(=O)(=O)C1. The molecule has 1 N–H and O–H groups in total. The largest absolute Gasteiger partial charge is 0.481 e. The molecular formula is C8H12O4S. The molecule has 1 heterocycles. The molecule has 0 radical (unpaired) electrons. The fourth-order valence-corrected chi connectivity index (χ4v) is 3.28. The van der Waals surface area contributed by atoms with Crippen molar-refractivity contribution in [3.8, 4) is 0 Å². The second-order valence-corrected chi connectivity index (χ2v) is 5.56. The Bertz CT molecular complexity index is 328. The third-order valence-electron chi connectivity index (χ3n) is 2.19. The smallest absolute Gasteiger partial charge is 0.307 e. The first kappa shape index (κ1) is 10.2.